The summed E-state index contributed by atoms with van der Waals surface area (Å²) in [5, 5.41) is 12.0. The first-order valence-corrected chi connectivity index (χ1v) is 13.3. The van der Waals surface area contributed by atoms with Gasteiger partial charge in [0.05, 0.1) is 4.90 Å². The lowest BCUT2D eigenvalue weighted by Gasteiger charge is -2.39. The smallest absolute Gasteiger partial charge is 0.478 e. The highest BCUT2D eigenvalue weighted by Crippen LogP contribution is 2.31. The number of sulfonamides is 1. The van der Waals surface area contributed by atoms with Gasteiger partial charge in [-0.3, -0.25) is 9.59 Å². The monoisotopic (exact) mass is 571 g/mol. The van der Waals surface area contributed by atoms with Crippen LogP contribution in [0.15, 0.2) is 47.4 Å². The Morgan fingerprint density at radius 1 is 1.10 bits per heavy atom. The number of piperazine rings is 1. The van der Waals surface area contributed by atoms with Gasteiger partial charge in [-0.15, -0.1) is 13.2 Å². The van der Waals surface area contributed by atoms with Gasteiger partial charge in [-0.2, -0.15) is 4.31 Å². The van der Waals surface area contributed by atoms with Gasteiger partial charge in [0.25, 0.3) is 0 Å². The van der Waals surface area contributed by atoms with E-state index in [-0.39, 0.29) is 32.1 Å². The lowest BCUT2D eigenvalue weighted by molar-refractivity contribution is -0.274. The molecule has 0 saturated carbocycles. The fourth-order valence-corrected chi connectivity index (χ4v) is 5.66. The molecule has 2 amide bonds. The fourth-order valence-electron chi connectivity index (χ4n) is 4.07. The maximum Gasteiger partial charge on any atom is 0.573 e. The molecule has 2 aromatic rings. The van der Waals surface area contributed by atoms with E-state index in [2.05, 4.69) is 10.1 Å². The summed E-state index contributed by atoms with van der Waals surface area (Å²) in [5.41, 5.74) is 0.827. The maximum absolute atomic E-state index is 13.5. The number of carbonyl (C=O) groups excluding carboxylic acids is 2. The first-order chi connectivity index (χ1) is 18.1. The number of carboxylic acids is 1. The van der Waals surface area contributed by atoms with Crippen LogP contribution in [-0.4, -0.2) is 72.6 Å². The summed E-state index contributed by atoms with van der Waals surface area (Å²) in [6.45, 7) is 4.80. The molecule has 3 rings (SSSR count). The van der Waals surface area contributed by atoms with E-state index in [0.29, 0.717) is 18.1 Å². The molecule has 1 heterocycles. The minimum atomic E-state index is -5.20. The topological polar surface area (TPSA) is 133 Å². The predicted octanol–water partition coefficient (Wildman–Crippen LogP) is 2.94. The van der Waals surface area contributed by atoms with Crippen molar-refractivity contribution < 1.29 is 45.8 Å². The van der Waals surface area contributed by atoms with E-state index < -0.39 is 50.5 Å². The third-order valence-electron chi connectivity index (χ3n) is 6.21. The van der Waals surface area contributed by atoms with Gasteiger partial charge >= 0.3 is 12.3 Å². The van der Waals surface area contributed by atoms with Crippen molar-refractivity contribution in [1.82, 2.24) is 14.5 Å². The van der Waals surface area contributed by atoms with E-state index in [1.54, 1.807) is 0 Å². The highest BCUT2D eigenvalue weighted by molar-refractivity contribution is 7.89. The molecule has 0 bridgehead atoms. The second-order valence-corrected chi connectivity index (χ2v) is 11.1. The molecule has 14 heteroatoms. The van der Waals surface area contributed by atoms with Crippen LogP contribution in [0.2, 0.25) is 0 Å². The molecule has 0 aromatic heterocycles. The maximum atomic E-state index is 13.5. The van der Waals surface area contributed by atoms with Crippen molar-refractivity contribution >= 4 is 27.8 Å². The molecule has 1 aliphatic rings. The van der Waals surface area contributed by atoms with Crippen LogP contribution in [0.3, 0.4) is 0 Å². The zero-order valence-electron chi connectivity index (χ0n) is 21.4. The second kappa shape index (κ2) is 11.6. The first kappa shape index (κ1) is 29.9. The van der Waals surface area contributed by atoms with Crippen LogP contribution < -0.4 is 10.1 Å². The van der Waals surface area contributed by atoms with Gasteiger partial charge in [0, 0.05) is 33.1 Å². The van der Waals surface area contributed by atoms with Gasteiger partial charge in [-0.25, -0.2) is 13.2 Å². The highest BCUT2D eigenvalue weighted by atomic mass is 32.2. The largest absolute Gasteiger partial charge is 0.573 e. The zero-order chi connectivity index (χ0) is 29.1. The van der Waals surface area contributed by atoms with E-state index in [0.717, 1.165) is 21.5 Å². The minimum Gasteiger partial charge on any atom is -0.478 e. The SMILES string of the molecule is CC(=O)N1CCN(S(=O)(=O)c2ccc(OC(F)(F)F)c(C(=O)O)c2)C(C(=O)NCc2ccc(C(C)C)cc2)C1. The van der Waals surface area contributed by atoms with Crippen molar-refractivity contribution in [3.05, 3.63) is 59.2 Å². The van der Waals surface area contributed by atoms with Gasteiger partial charge in [-0.1, -0.05) is 38.1 Å². The highest BCUT2D eigenvalue weighted by Gasteiger charge is 2.41. The van der Waals surface area contributed by atoms with Crippen molar-refractivity contribution in [1.29, 1.82) is 0 Å². The summed E-state index contributed by atoms with van der Waals surface area (Å²) in [6, 6.07) is 8.00. The summed E-state index contributed by atoms with van der Waals surface area (Å²) >= 11 is 0. The van der Waals surface area contributed by atoms with Crippen LogP contribution in [0.4, 0.5) is 13.2 Å². The van der Waals surface area contributed by atoms with Crippen LogP contribution in [0, 0.1) is 0 Å². The average Bonchev–Trinajstić information content (AvgIpc) is 2.86. The number of nitrogens with one attached hydrogen (secondary N) is 1. The molecule has 2 aromatic carbocycles. The Bertz CT molecular complexity index is 1350. The van der Waals surface area contributed by atoms with Crippen LogP contribution in [-0.2, 0) is 26.2 Å². The van der Waals surface area contributed by atoms with Gasteiger partial charge in [-0.05, 0) is 35.2 Å². The third-order valence-corrected chi connectivity index (χ3v) is 8.11. The van der Waals surface area contributed by atoms with E-state index in [1.165, 1.54) is 11.8 Å². The summed E-state index contributed by atoms with van der Waals surface area (Å²) in [4.78, 5) is 37.4. The third kappa shape index (κ3) is 7.26. The number of carbonyl (C=O) groups is 3. The van der Waals surface area contributed by atoms with Crippen LogP contribution in [0.1, 0.15) is 48.2 Å². The number of aromatic carboxylic acids is 1. The van der Waals surface area contributed by atoms with E-state index >= 15 is 0 Å². The molecular formula is C25H28F3N3O7S. The second-order valence-electron chi connectivity index (χ2n) is 9.22. The number of ether oxygens (including phenoxy) is 1. The number of hydrogen-bond donors (Lipinski definition) is 2. The van der Waals surface area contributed by atoms with E-state index in [1.807, 2.05) is 38.1 Å². The molecule has 2 N–H and O–H groups in total. The van der Waals surface area contributed by atoms with Crippen LogP contribution in [0.25, 0.3) is 0 Å². The molecule has 1 fully saturated rings. The molecular weight excluding hydrogens is 543 g/mol. The molecule has 1 atom stereocenters. The Balaban J connectivity index is 1.90. The summed E-state index contributed by atoms with van der Waals surface area (Å²) in [5.74, 6) is -3.70. The lowest BCUT2D eigenvalue weighted by atomic mass is 10.0. The number of nitrogens with zero attached hydrogens (tertiary/aromatic N) is 2. The van der Waals surface area contributed by atoms with Gasteiger partial charge < -0.3 is 20.1 Å². The summed E-state index contributed by atoms with van der Waals surface area (Å²) < 4.78 is 69.6. The number of benzene rings is 2. The molecule has 0 aliphatic carbocycles. The number of halogens is 3. The van der Waals surface area contributed by atoms with Crippen LogP contribution >= 0.6 is 0 Å². The fraction of sp³-hybridized carbons (Fsp3) is 0.400. The molecule has 212 valence electrons. The number of hydrogen-bond acceptors (Lipinski definition) is 6. The number of carboxylic acid groups (broad SMARTS) is 1. The molecule has 0 spiro atoms. The quantitative estimate of drug-likeness (QED) is 0.498. The number of alkyl halides is 3. The molecule has 1 saturated heterocycles. The van der Waals surface area contributed by atoms with Gasteiger partial charge in [0.2, 0.25) is 21.8 Å². The molecule has 39 heavy (non-hydrogen) atoms. The van der Waals surface area contributed by atoms with Gasteiger partial charge in [0.15, 0.2) is 0 Å². The predicted molar refractivity (Wildman–Crippen MR) is 132 cm³/mol. The molecule has 0 radical (unpaired) electrons. The molecule has 1 unspecified atom stereocenters. The Hall–Kier alpha value is -3.65. The molecule has 10 nitrogen and oxygen atoms in total. The van der Waals surface area contributed by atoms with E-state index in [4.69, 9.17) is 0 Å². The summed E-state index contributed by atoms with van der Waals surface area (Å²) in [6.07, 6.45) is -5.20. The normalized spacial score (nSPS) is 16.7. The Labute approximate surface area is 223 Å². The molecule has 1 aliphatic heterocycles. The van der Waals surface area contributed by atoms with Gasteiger partial charge in [0.1, 0.15) is 17.4 Å². The van der Waals surface area contributed by atoms with Crippen molar-refractivity contribution in [2.45, 2.75) is 50.5 Å². The summed E-state index contributed by atoms with van der Waals surface area (Å²) in [7, 11) is -4.59. The number of amides is 2. The first-order valence-electron chi connectivity index (χ1n) is 11.9. The van der Waals surface area contributed by atoms with Crippen molar-refractivity contribution in [3.63, 3.8) is 0 Å². The average molecular weight is 572 g/mol. The van der Waals surface area contributed by atoms with Crippen molar-refractivity contribution in [3.8, 4) is 5.75 Å². The minimum absolute atomic E-state index is 0.0456. The Kier molecular flexibility index (Phi) is 8.91. The Morgan fingerprint density at radius 3 is 2.28 bits per heavy atom. The van der Waals surface area contributed by atoms with Crippen molar-refractivity contribution in [2.75, 3.05) is 19.6 Å². The van der Waals surface area contributed by atoms with Crippen molar-refractivity contribution in [2.24, 2.45) is 0 Å². The van der Waals surface area contributed by atoms with E-state index in [9.17, 15) is 41.1 Å². The Morgan fingerprint density at radius 2 is 1.74 bits per heavy atom. The van der Waals surface area contributed by atoms with Crippen LogP contribution in [0.5, 0.6) is 5.75 Å². The zero-order valence-corrected chi connectivity index (χ0v) is 22.2. The standard InChI is InChI=1S/C25H28F3N3O7S/c1-15(2)18-6-4-17(5-7-18)13-29-23(33)21-14-30(16(3)32)10-11-31(21)39(36,37)19-8-9-22(38-25(26,27)28)20(12-19)24(34)35/h4-9,12,15,21H,10-11,13-14H2,1-3H3,(H,29,33)(H,34,35). The number of rotatable bonds is 8. The lowest BCUT2D eigenvalue weighted by Crippen LogP contribution is -2.61.